The number of hydrogen-bond acceptors (Lipinski definition) is 3. The molecule has 0 aromatic carbocycles. The van der Waals surface area contributed by atoms with Crippen LogP contribution in [0.1, 0.15) is 65.2 Å². The molecule has 1 aliphatic carbocycles. The third-order valence-corrected chi connectivity index (χ3v) is 6.44. The second kappa shape index (κ2) is 6.97. The van der Waals surface area contributed by atoms with Gasteiger partial charge in [0.05, 0.1) is 6.10 Å². The Balaban J connectivity index is 1.63. The van der Waals surface area contributed by atoms with Crippen molar-refractivity contribution in [3.63, 3.8) is 0 Å². The van der Waals surface area contributed by atoms with Gasteiger partial charge in [0.25, 0.3) is 0 Å². The van der Waals surface area contributed by atoms with Gasteiger partial charge in [-0.25, -0.2) is 0 Å². The summed E-state index contributed by atoms with van der Waals surface area (Å²) in [6.45, 7) is 6.97. The third-order valence-electron chi connectivity index (χ3n) is 6.44. The molecule has 0 amide bonds. The molecule has 0 radical (unpaired) electrons. The monoisotopic (exact) mass is 294 g/mol. The smallest absolute Gasteiger partial charge is 0.0570 e. The van der Waals surface area contributed by atoms with Gasteiger partial charge in [0.2, 0.25) is 0 Å². The van der Waals surface area contributed by atoms with Crippen LogP contribution in [0.15, 0.2) is 0 Å². The molecule has 0 spiro atoms. The predicted molar refractivity (Wildman–Crippen MR) is 87.3 cm³/mol. The van der Waals surface area contributed by atoms with Crippen LogP contribution < -0.4 is 5.32 Å². The number of nitrogens with one attached hydrogen (secondary N) is 1. The van der Waals surface area contributed by atoms with Gasteiger partial charge in [0, 0.05) is 24.7 Å². The summed E-state index contributed by atoms with van der Waals surface area (Å²) in [5.41, 5.74) is 0. The number of aliphatic hydroxyl groups is 1. The number of piperidine rings is 1. The summed E-state index contributed by atoms with van der Waals surface area (Å²) < 4.78 is 0. The zero-order valence-electron chi connectivity index (χ0n) is 13.9. The normalized spacial score (nSPS) is 44.1. The fraction of sp³-hybridized carbons (Fsp3) is 1.00. The summed E-state index contributed by atoms with van der Waals surface area (Å²) >= 11 is 0. The highest BCUT2D eigenvalue weighted by Crippen LogP contribution is 2.39. The molecule has 3 rings (SSSR count). The van der Waals surface area contributed by atoms with E-state index in [0.717, 1.165) is 37.3 Å². The molecule has 5 atom stereocenters. The first-order valence-corrected chi connectivity index (χ1v) is 9.38. The van der Waals surface area contributed by atoms with Crippen LogP contribution >= 0.6 is 0 Å². The quantitative estimate of drug-likeness (QED) is 0.818. The van der Waals surface area contributed by atoms with Crippen LogP contribution in [0.5, 0.6) is 0 Å². The first kappa shape index (κ1) is 15.8. The first-order chi connectivity index (χ1) is 10.2. The van der Waals surface area contributed by atoms with Crippen molar-refractivity contribution in [3.05, 3.63) is 0 Å². The van der Waals surface area contributed by atoms with Crippen molar-refractivity contribution in [2.45, 2.75) is 89.4 Å². The molecule has 0 aromatic rings. The van der Waals surface area contributed by atoms with Crippen LogP contribution in [-0.2, 0) is 0 Å². The zero-order chi connectivity index (χ0) is 14.8. The van der Waals surface area contributed by atoms with Gasteiger partial charge < -0.3 is 10.4 Å². The van der Waals surface area contributed by atoms with E-state index in [1.54, 1.807) is 0 Å². The van der Waals surface area contributed by atoms with Gasteiger partial charge in [-0.05, 0) is 63.3 Å². The molecule has 2 heterocycles. The lowest BCUT2D eigenvalue weighted by molar-refractivity contribution is 0.0161. The highest BCUT2D eigenvalue weighted by molar-refractivity contribution is 4.97. The maximum absolute atomic E-state index is 9.99. The highest BCUT2D eigenvalue weighted by atomic mass is 16.3. The Labute approximate surface area is 130 Å². The molecule has 2 aliphatic heterocycles. The van der Waals surface area contributed by atoms with Crippen LogP contribution in [0.2, 0.25) is 0 Å². The van der Waals surface area contributed by atoms with Gasteiger partial charge in [0.15, 0.2) is 0 Å². The molecule has 5 unspecified atom stereocenters. The Kier molecular flexibility index (Phi) is 5.23. The van der Waals surface area contributed by atoms with Gasteiger partial charge in [0.1, 0.15) is 0 Å². The lowest BCUT2D eigenvalue weighted by Gasteiger charge is -2.43. The molecular weight excluding hydrogens is 260 g/mol. The van der Waals surface area contributed by atoms with Crippen molar-refractivity contribution in [3.8, 4) is 0 Å². The molecule has 2 saturated heterocycles. The Hall–Kier alpha value is -0.120. The van der Waals surface area contributed by atoms with Crippen LogP contribution in [0.4, 0.5) is 0 Å². The summed E-state index contributed by atoms with van der Waals surface area (Å²) in [6, 6.07) is 2.06. The molecule has 0 aromatic heterocycles. The molecule has 3 aliphatic rings. The molecule has 1 saturated carbocycles. The molecule has 3 nitrogen and oxygen atoms in total. The average Bonchev–Trinajstić information content (AvgIpc) is 2.71. The molecule has 2 bridgehead atoms. The summed E-state index contributed by atoms with van der Waals surface area (Å²) in [4.78, 5) is 2.78. The maximum atomic E-state index is 9.99. The Bertz CT molecular complexity index is 321. The highest BCUT2D eigenvalue weighted by Gasteiger charge is 2.42. The fourth-order valence-electron chi connectivity index (χ4n) is 5.28. The summed E-state index contributed by atoms with van der Waals surface area (Å²) in [5.74, 6) is 1.76. The van der Waals surface area contributed by atoms with Crippen molar-refractivity contribution >= 4 is 0 Å². The Morgan fingerprint density at radius 3 is 2.33 bits per heavy atom. The minimum Gasteiger partial charge on any atom is -0.393 e. The average molecular weight is 294 g/mol. The molecular formula is C18H34N2O. The van der Waals surface area contributed by atoms with E-state index in [2.05, 4.69) is 24.1 Å². The predicted octanol–water partition coefficient (Wildman–Crippen LogP) is 2.78. The van der Waals surface area contributed by atoms with Gasteiger partial charge in [-0.3, -0.25) is 4.90 Å². The topological polar surface area (TPSA) is 35.5 Å². The van der Waals surface area contributed by atoms with Crippen molar-refractivity contribution in [1.82, 2.24) is 10.2 Å². The van der Waals surface area contributed by atoms with Crippen LogP contribution in [-0.4, -0.2) is 47.3 Å². The maximum Gasteiger partial charge on any atom is 0.0570 e. The van der Waals surface area contributed by atoms with E-state index in [4.69, 9.17) is 0 Å². The SMILES string of the molecule is CCNC1CCC(CC)CC1CN1C2CCC1CC(O)C2. The standard InChI is InChI=1S/C18H34N2O/c1-3-13-5-8-18(19-4-2)14(9-13)12-20-15-6-7-16(20)11-17(21)10-15/h13-19,21H,3-12H2,1-2H3. The van der Waals surface area contributed by atoms with Crippen molar-refractivity contribution < 1.29 is 5.11 Å². The number of aliphatic hydroxyl groups excluding tert-OH is 1. The van der Waals surface area contributed by atoms with E-state index in [-0.39, 0.29) is 6.10 Å². The summed E-state index contributed by atoms with van der Waals surface area (Å²) in [6.07, 6.45) is 10.2. The van der Waals surface area contributed by atoms with E-state index in [0.29, 0.717) is 12.1 Å². The molecule has 122 valence electrons. The van der Waals surface area contributed by atoms with Gasteiger partial charge >= 0.3 is 0 Å². The fourth-order valence-corrected chi connectivity index (χ4v) is 5.28. The van der Waals surface area contributed by atoms with Gasteiger partial charge in [-0.2, -0.15) is 0 Å². The minimum absolute atomic E-state index is 0.0296. The summed E-state index contributed by atoms with van der Waals surface area (Å²) in [7, 11) is 0. The van der Waals surface area contributed by atoms with Gasteiger partial charge in [-0.15, -0.1) is 0 Å². The molecule has 21 heavy (non-hydrogen) atoms. The van der Waals surface area contributed by atoms with Crippen molar-refractivity contribution in [1.29, 1.82) is 0 Å². The first-order valence-electron chi connectivity index (χ1n) is 9.38. The van der Waals surface area contributed by atoms with E-state index in [1.807, 2.05) is 0 Å². The van der Waals surface area contributed by atoms with E-state index >= 15 is 0 Å². The van der Waals surface area contributed by atoms with Crippen LogP contribution in [0.3, 0.4) is 0 Å². The Morgan fingerprint density at radius 1 is 1.00 bits per heavy atom. The number of hydrogen-bond donors (Lipinski definition) is 2. The number of fused-ring (bicyclic) bond motifs is 2. The van der Waals surface area contributed by atoms with E-state index in [9.17, 15) is 5.11 Å². The molecule has 2 N–H and O–H groups in total. The number of nitrogens with zero attached hydrogens (tertiary/aromatic N) is 1. The van der Waals surface area contributed by atoms with E-state index < -0.39 is 0 Å². The van der Waals surface area contributed by atoms with Crippen molar-refractivity contribution in [2.75, 3.05) is 13.1 Å². The van der Waals surface area contributed by atoms with Crippen LogP contribution in [0, 0.1) is 11.8 Å². The lowest BCUT2D eigenvalue weighted by atomic mass is 9.76. The van der Waals surface area contributed by atoms with E-state index in [1.165, 1.54) is 45.1 Å². The second-order valence-corrected chi connectivity index (χ2v) is 7.72. The van der Waals surface area contributed by atoms with Gasteiger partial charge in [-0.1, -0.05) is 20.3 Å². The zero-order valence-corrected chi connectivity index (χ0v) is 13.9. The van der Waals surface area contributed by atoms with Crippen LogP contribution in [0.25, 0.3) is 0 Å². The van der Waals surface area contributed by atoms with Crippen molar-refractivity contribution in [2.24, 2.45) is 11.8 Å². The third kappa shape index (κ3) is 3.46. The summed E-state index contributed by atoms with van der Waals surface area (Å²) in [5, 5.41) is 13.7. The largest absolute Gasteiger partial charge is 0.393 e. The molecule has 3 heteroatoms. The molecule has 3 fully saturated rings. The Morgan fingerprint density at radius 2 is 1.71 bits per heavy atom. The minimum atomic E-state index is -0.0296. The number of rotatable bonds is 5. The second-order valence-electron chi connectivity index (χ2n) is 7.72. The lowest BCUT2D eigenvalue weighted by Crippen LogP contribution is -2.51.